The van der Waals surface area contributed by atoms with Gasteiger partial charge in [-0.25, -0.2) is 9.59 Å². The highest BCUT2D eigenvalue weighted by atomic mass is 16.6. The summed E-state index contributed by atoms with van der Waals surface area (Å²) in [7, 11) is 1.23. The molecule has 0 heterocycles. The van der Waals surface area contributed by atoms with Crippen molar-refractivity contribution in [3.63, 3.8) is 0 Å². The zero-order valence-corrected chi connectivity index (χ0v) is 17.0. The van der Waals surface area contributed by atoms with Crippen LogP contribution in [0.1, 0.15) is 25.7 Å². The Hall–Kier alpha value is -1.72. The van der Waals surface area contributed by atoms with Crippen molar-refractivity contribution >= 4 is 12.1 Å². The third kappa shape index (κ3) is 11.1. The summed E-state index contributed by atoms with van der Waals surface area (Å²) in [5, 5.41) is 21.5. The average molecular weight is 419 g/mol. The molecular weight excluding hydrogens is 386 g/mol. The van der Waals surface area contributed by atoms with Gasteiger partial charge in [-0.15, -0.1) is 0 Å². The molecule has 1 aliphatic rings. The van der Waals surface area contributed by atoms with Gasteiger partial charge in [0.25, 0.3) is 0 Å². The summed E-state index contributed by atoms with van der Waals surface area (Å²) in [6.45, 7) is 2.50. The molecule has 0 aromatic heterocycles. The van der Waals surface area contributed by atoms with E-state index in [1.165, 1.54) is 7.11 Å². The van der Waals surface area contributed by atoms with Crippen molar-refractivity contribution in [3.8, 4) is 0 Å². The molecule has 0 aromatic carbocycles. The largest absolute Gasteiger partial charge is 0.467 e. The van der Waals surface area contributed by atoms with Crippen molar-refractivity contribution in [2.24, 2.45) is 0 Å². The van der Waals surface area contributed by atoms with Crippen LogP contribution < -0.4 is 5.32 Å². The minimum atomic E-state index is -1.56. The molecule has 0 unspecified atom stereocenters. The van der Waals surface area contributed by atoms with Crippen LogP contribution >= 0.6 is 0 Å². The maximum atomic E-state index is 11.9. The molecule has 0 spiro atoms. The van der Waals surface area contributed by atoms with Gasteiger partial charge in [0.1, 0.15) is 6.10 Å². The number of nitrogens with one attached hydrogen (secondary N) is 1. The number of alkyl carbamates (subject to hydrolysis) is 1. The van der Waals surface area contributed by atoms with Gasteiger partial charge in [0, 0.05) is 6.54 Å². The summed E-state index contributed by atoms with van der Waals surface area (Å²) in [6, 6.07) is 0. The topological polar surface area (TPSA) is 133 Å². The number of methoxy groups -OCH3 is 1. The minimum Gasteiger partial charge on any atom is -0.467 e. The lowest BCUT2D eigenvalue weighted by molar-refractivity contribution is -0.164. The lowest BCUT2D eigenvalue weighted by Gasteiger charge is -2.28. The Bertz CT molecular complexity index is 500. The molecule has 10 heteroatoms. The van der Waals surface area contributed by atoms with E-state index in [-0.39, 0.29) is 26.0 Å². The van der Waals surface area contributed by atoms with E-state index < -0.39 is 23.8 Å². The highest BCUT2D eigenvalue weighted by Crippen LogP contribution is 2.26. The van der Waals surface area contributed by atoms with Crippen molar-refractivity contribution in [1.82, 2.24) is 5.32 Å². The average Bonchev–Trinajstić information content (AvgIpc) is 2.71. The molecular formula is C19H33NO9. The Morgan fingerprint density at radius 3 is 2.38 bits per heavy atom. The van der Waals surface area contributed by atoms with E-state index in [4.69, 9.17) is 24.1 Å². The van der Waals surface area contributed by atoms with Crippen molar-refractivity contribution in [3.05, 3.63) is 12.2 Å². The molecule has 0 radical (unpaired) electrons. The lowest BCUT2D eigenvalue weighted by atomic mass is 9.88. The summed E-state index contributed by atoms with van der Waals surface area (Å²) in [5.41, 5.74) is -1.56. The summed E-state index contributed by atoms with van der Waals surface area (Å²) in [6.07, 6.45) is 3.62. The van der Waals surface area contributed by atoms with E-state index in [2.05, 4.69) is 10.1 Å². The third-order valence-electron chi connectivity index (χ3n) is 4.24. The number of hydrogen-bond donors (Lipinski definition) is 3. The fraction of sp³-hybridized carbons (Fsp3) is 0.789. The minimum absolute atomic E-state index is 0.00865. The van der Waals surface area contributed by atoms with Crippen LogP contribution in [0.2, 0.25) is 0 Å². The summed E-state index contributed by atoms with van der Waals surface area (Å²) in [4.78, 5) is 23.6. The number of amides is 1. The number of aliphatic hydroxyl groups excluding tert-OH is 1. The van der Waals surface area contributed by atoms with Gasteiger partial charge in [0.15, 0.2) is 5.60 Å². The van der Waals surface area contributed by atoms with Gasteiger partial charge in [-0.1, -0.05) is 6.08 Å². The third-order valence-corrected chi connectivity index (χ3v) is 4.24. The van der Waals surface area contributed by atoms with Gasteiger partial charge in [-0.2, -0.15) is 0 Å². The summed E-state index contributed by atoms with van der Waals surface area (Å²) >= 11 is 0. The number of rotatable bonds is 13. The molecule has 0 aliphatic heterocycles. The zero-order chi connectivity index (χ0) is 21.4. The number of esters is 1. The van der Waals surface area contributed by atoms with E-state index in [1.54, 1.807) is 12.2 Å². The highest BCUT2D eigenvalue weighted by molar-refractivity contribution is 5.79. The van der Waals surface area contributed by atoms with E-state index >= 15 is 0 Å². The van der Waals surface area contributed by atoms with E-state index in [1.807, 2.05) is 0 Å². The first-order valence-electron chi connectivity index (χ1n) is 9.78. The van der Waals surface area contributed by atoms with Crippen molar-refractivity contribution < 1.29 is 43.5 Å². The van der Waals surface area contributed by atoms with Crippen LogP contribution in [0.3, 0.4) is 0 Å². The maximum Gasteiger partial charge on any atom is 0.407 e. The van der Waals surface area contributed by atoms with E-state index in [0.717, 1.165) is 0 Å². The van der Waals surface area contributed by atoms with Gasteiger partial charge in [0.2, 0.25) is 0 Å². The number of hydrogen-bond acceptors (Lipinski definition) is 9. The maximum absolute atomic E-state index is 11.9. The summed E-state index contributed by atoms with van der Waals surface area (Å²) in [5.74, 6) is -0.671. The molecule has 1 amide bonds. The second kappa shape index (κ2) is 15.2. The molecule has 3 N–H and O–H groups in total. The SMILES string of the molecule is COC(=O)[C@]1(O)CC/C=C/[C@H](OC(=O)NCCOCCOCCOCCO)CC1. The molecule has 1 rings (SSSR count). The van der Waals surface area contributed by atoms with Crippen molar-refractivity contribution in [2.45, 2.75) is 37.4 Å². The molecule has 29 heavy (non-hydrogen) atoms. The number of aliphatic hydroxyl groups is 2. The van der Waals surface area contributed by atoms with Crippen LogP contribution in [0.4, 0.5) is 4.79 Å². The molecule has 168 valence electrons. The second-order valence-electron chi connectivity index (χ2n) is 6.46. The Morgan fingerprint density at radius 1 is 1.07 bits per heavy atom. The first kappa shape index (κ1) is 25.3. The molecule has 0 saturated carbocycles. The number of carbonyl (C=O) groups is 2. The van der Waals surface area contributed by atoms with Gasteiger partial charge in [0.05, 0.1) is 53.4 Å². The molecule has 10 nitrogen and oxygen atoms in total. The van der Waals surface area contributed by atoms with E-state index in [0.29, 0.717) is 52.5 Å². The number of carbonyl (C=O) groups excluding carboxylic acids is 2. The van der Waals surface area contributed by atoms with Crippen LogP contribution in [0, 0.1) is 0 Å². The van der Waals surface area contributed by atoms with Crippen LogP contribution in [0.15, 0.2) is 12.2 Å². The van der Waals surface area contributed by atoms with Crippen LogP contribution in [0.25, 0.3) is 0 Å². The zero-order valence-electron chi connectivity index (χ0n) is 17.0. The lowest BCUT2D eigenvalue weighted by Crippen LogP contribution is -2.41. The Morgan fingerprint density at radius 2 is 1.72 bits per heavy atom. The van der Waals surface area contributed by atoms with Crippen LogP contribution in [-0.2, 0) is 28.5 Å². The van der Waals surface area contributed by atoms with Crippen LogP contribution in [-0.4, -0.2) is 93.9 Å². The van der Waals surface area contributed by atoms with Gasteiger partial charge >= 0.3 is 12.1 Å². The predicted molar refractivity (Wildman–Crippen MR) is 102 cm³/mol. The molecule has 0 saturated heterocycles. The van der Waals surface area contributed by atoms with Gasteiger partial charge in [-0.05, 0) is 31.8 Å². The van der Waals surface area contributed by atoms with E-state index in [9.17, 15) is 14.7 Å². The van der Waals surface area contributed by atoms with Crippen molar-refractivity contribution in [2.75, 3.05) is 59.9 Å². The fourth-order valence-electron chi connectivity index (χ4n) is 2.68. The number of allylic oxidation sites excluding steroid dienone is 1. The first-order valence-corrected chi connectivity index (χ1v) is 9.78. The normalized spacial score (nSPS) is 22.9. The Balaban J connectivity index is 2.12. The quantitative estimate of drug-likeness (QED) is 0.217. The first-order chi connectivity index (χ1) is 14.0. The standard InChI is InChI=1S/C19H33NO9/c1-25-17(22)19(24)6-3-2-4-16(5-7-19)29-18(23)20-8-10-26-12-14-28-15-13-27-11-9-21/h2,4,16,21,24H,3,5-15H2,1H3,(H,20,23)/b4-2+/t16-,19-/m0/s1. The summed E-state index contributed by atoms with van der Waals surface area (Å²) < 4.78 is 25.6. The predicted octanol–water partition coefficient (Wildman–Crippen LogP) is 0.158. The van der Waals surface area contributed by atoms with Crippen molar-refractivity contribution in [1.29, 1.82) is 0 Å². The Kier molecular flexibility index (Phi) is 13.2. The van der Waals surface area contributed by atoms with Crippen LogP contribution in [0.5, 0.6) is 0 Å². The fourth-order valence-corrected chi connectivity index (χ4v) is 2.68. The van der Waals surface area contributed by atoms with Gasteiger partial charge < -0.3 is 39.2 Å². The smallest absolute Gasteiger partial charge is 0.407 e. The van der Waals surface area contributed by atoms with Gasteiger partial charge in [-0.3, -0.25) is 0 Å². The molecule has 0 bridgehead atoms. The molecule has 1 aliphatic carbocycles. The molecule has 2 atom stereocenters. The molecule has 0 fully saturated rings. The monoisotopic (exact) mass is 419 g/mol. The highest BCUT2D eigenvalue weighted by Gasteiger charge is 2.37. The molecule has 0 aromatic rings. The number of ether oxygens (including phenoxy) is 5. The Labute approximate surface area is 171 Å². The second-order valence-corrected chi connectivity index (χ2v) is 6.46.